The van der Waals surface area contributed by atoms with Crippen LogP contribution < -0.4 is 5.32 Å². The van der Waals surface area contributed by atoms with E-state index >= 15 is 0 Å². The molecule has 0 aromatic heterocycles. The molecule has 1 amide bonds. The highest BCUT2D eigenvalue weighted by Gasteiger charge is 2.44. The van der Waals surface area contributed by atoms with Crippen molar-refractivity contribution in [3.8, 4) is 0 Å². The Bertz CT molecular complexity index is 481. The lowest BCUT2D eigenvalue weighted by Gasteiger charge is -2.39. The number of carbonyl (C=O) groups excluding carboxylic acids is 1. The van der Waals surface area contributed by atoms with Gasteiger partial charge in [0.15, 0.2) is 0 Å². The van der Waals surface area contributed by atoms with Crippen molar-refractivity contribution in [1.82, 2.24) is 10.2 Å². The van der Waals surface area contributed by atoms with E-state index in [0.717, 1.165) is 12.8 Å². The van der Waals surface area contributed by atoms with Crippen molar-refractivity contribution in [1.29, 1.82) is 0 Å². The number of nitrogens with zero attached hydrogens (tertiary/aromatic N) is 1. The Kier molecular flexibility index (Phi) is 4.29. The summed E-state index contributed by atoms with van der Waals surface area (Å²) in [5.74, 6) is 0.797. The highest BCUT2D eigenvalue weighted by Crippen LogP contribution is 2.32. The number of rotatable bonds is 5. The van der Waals surface area contributed by atoms with Gasteiger partial charge in [0.1, 0.15) is 0 Å². The topological polar surface area (TPSA) is 32.3 Å². The first-order valence-corrected chi connectivity index (χ1v) is 8.29. The van der Waals surface area contributed by atoms with Crippen molar-refractivity contribution in [3.05, 3.63) is 35.9 Å². The van der Waals surface area contributed by atoms with Gasteiger partial charge in [0.25, 0.3) is 0 Å². The SMILES string of the molecule is CC(C)C1NC(CCc2ccccc2)C(=O)N1C1CCC1. The lowest BCUT2D eigenvalue weighted by molar-refractivity contribution is -0.134. The summed E-state index contributed by atoms with van der Waals surface area (Å²) in [7, 11) is 0. The van der Waals surface area contributed by atoms with Gasteiger partial charge < -0.3 is 4.90 Å². The Hall–Kier alpha value is -1.35. The number of nitrogens with one attached hydrogen (secondary N) is 1. The van der Waals surface area contributed by atoms with Crippen molar-refractivity contribution in [2.75, 3.05) is 0 Å². The van der Waals surface area contributed by atoms with E-state index in [9.17, 15) is 4.79 Å². The average molecular weight is 286 g/mol. The predicted octanol–water partition coefficient (Wildman–Crippen LogP) is 2.95. The van der Waals surface area contributed by atoms with Gasteiger partial charge in [-0.15, -0.1) is 0 Å². The van der Waals surface area contributed by atoms with Crippen LogP contribution in [-0.2, 0) is 11.2 Å². The fraction of sp³-hybridized carbons (Fsp3) is 0.611. The second-order valence-corrected chi connectivity index (χ2v) is 6.76. The van der Waals surface area contributed by atoms with Gasteiger partial charge in [0.05, 0.1) is 12.2 Å². The molecule has 21 heavy (non-hydrogen) atoms. The largest absolute Gasteiger partial charge is 0.323 e. The lowest BCUT2D eigenvalue weighted by atomic mass is 9.90. The van der Waals surface area contributed by atoms with Crippen molar-refractivity contribution in [3.63, 3.8) is 0 Å². The molecule has 1 aliphatic carbocycles. The first kappa shape index (κ1) is 14.6. The third kappa shape index (κ3) is 2.98. The molecule has 2 fully saturated rings. The Morgan fingerprint density at radius 3 is 2.52 bits per heavy atom. The van der Waals surface area contributed by atoms with Gasteiger partial charge in [0, 0.05) is 6.04 Å². The summed E-state index contributed by atoms with van der Waals surface area (Å²) in [4.78, 5) is 14.9. The van der Waals surface area contributed by atoms with Crippen LogP contribution in [0.5, 0.6) is 0 Å². The number of carbonyl (C=O) groups is 1. The minimum Gasteiger partial charge on any atom is -0.323 e. The molecule has 3 heteroatoms. The second-order valence-electron chi connectivity index (χ2n) is 6.76. The molecule has 2 aliphatic rings. The Labute approximate surface area is 127 Å². The normalized spacial score (nSPS) is 26.4. The molecule has 2 atom stereocenters. The summed E-state index contributed by atoms with van der Waals surface area (Å²) < 4.78 is 0. The van der Waals surface area contributed by atoms with Crippen molar-refractivity contribution in [2.24, 2.45) is 5.92 Å². The van der Waals surface area contributed by atoms with Crippen molar-refractivity contribution in [2.45, 2.75) is 64.2 Å². The minimum atomic E-state index is -0.00166. The third-order valence-electron chi connectivity index (χ3n) is 4.89. The van der Waals surface area contributed by atoms with Gasteiger partial charge >= 0.3 is 0 Å². The van der Waals surface area contributed by atoms with Crippen LogP contribution in [0, 0.1) is 5.92 Å². The second kappa shape index (κ2) is 6.18. The molecule has 1 aliphatic heterocycles. The summed E-state index contributed by atoms with van der Waals surface area (Å²) in [5.41, 5.74) is 1.32. The van der Waals surface area contributed by atoms with Gasteiger partial charge in [0.2, 0.25) is 5.91 Å². The molecule has 1 aromatic rings. The molecule has 0 bridgehead atoms. The van der Waals surface area contributed by atoms with Crippen LogP contribution in [0.4, 0.5) is 0 Å². The van der Waals surface area contributed by atoms with E-state index < -0.39 is 0 Å². The van der Waals surface area contributed by atoms with Gasteiger partial charge in [-0.25, -0.2) is 0 Å². The molecular formula is C18H26N2O. The van der Waals surface area contributed by atoms with Crippen LogP contribution >= 0.6 is 0 Å². The van der Waals surface area contributed by atoms with E-state index in [1.807, 2.05) is 6.07 Å². The van der Waals surface area contributed by atoms with Gasteiger partial charge in [-0.05, 0) is 43.6 Å². The zero-order chi connectivity index (χ0) is 14.8. The Balaban J connectivity index is 1.64. The van der Waals surface area contributed by atoms with Crippen molar-refractivity contribution >= 4 is 5.91 Å². The third-order valence-corrected chi connectivity index (χ3v) is 4.89. The standard InChI is InChI=1S/C18H26N2O/c1-13(2)17-19-16(12-11-14-7-4-3-5-8-14)18(21)20(17)15-9-6-10-15/h3-5,7-8,13,15-17,19H,6,9-12H2,1-2H3. The van der Waals surface area contributed by atoms with E-state index in [2.05, 4.69) is 48.3 Å². The molecule has 1 saturated heterocycles. The lowest BCUT2D eigenvalue weighted by Crippen LogP contribution is -2.50. The molecule has 1 saturated carbocycles. The summed E-state index contributed by atoms with van der Waals surface area (Å²) in [6, 6.07) is 10.9. The van der Waals surface area contributed by atoms with Gasteiger partial charge in [-0.2, -0.15) is 0 Å². The van der Waals surface area contributed by atoms with Gasteiger partial charge in [-0.3, -0.25) is 10.1 Å². The number of hydrogen-bond donors (Lipinski definition) is 1. The summed E-state index contributed by atoms with van der Waals surface area (Å²) in [6.07, 6.45) is 5.73. The molecule has 3 nitrogen and oxygen atoms in total. The summed E-state index contributed by atoms with van der Waals surface area (Å²) >= 11 is 0. The summed E-state index contributed by atoms with van der Waals surface area (Å²) in [6.45, 7) is 4.41. The number of hydrogen-bond acceptors (Lipinski definition) is 2. The van der Waals surface area contributed by atoms with Gasteiger partial charge in [-0.1, -0.05) is 44.2 Å². The maximum absolute atomic E-state index is 12.7. The Morgan fingerprint density at radius 1 is 1.24 bits per heavy atom. The summed E-state index contributed by atoms with van der Waals surface area (Å²) in [5, 5.41) is 3.59. The zero-order valence-electron chi connectivity index (χ0n) is 13.1. The van der Waals surface area contributed by atoms with E-state index in [0.29, 0.717) is 17.9 Å². The highest BCUT2D eigenvalue weighted by atomic mass is 16.2. The maximum atomic E-state index is 12.7. The van der Waals surface area contributed by atoms with Crippen LogP contribution in [-0.4, -0.2) is 29.1 Å². The molecule has 114 valence electrons. The minimum absolute atomic E-state index is 0.00166. The van der Waals surface area contributed by atoms with Crippen LogP contribution in [0.1, 0.15) is 45.1 Å². The van der Waals surface area contributed by atoms with E-state index in [4.69, 9.17) is 0 Å². The number of aryl methyl sites for hydroxylation is 1. The molecule has 2 unspecified atom stereocenters. The molecule has 1 N–H and O–H groups in total. The predicted molar refractivity (Wildman–Crippen MR) is 84.8 cm³/mol. The quantitative estimate of drug-likeness (QED) is 0.902. The van der Waals surface area contributed by atoms with E-state index in [1.165, 1.54) is 24.8 Å². The first-order chi connectivity index (χ1) is 10.2. The molecule has 1 heterocycles. The molecule has 1 aromatic carbocycles. The molecule has 0 radical (unpaired) electrons. The first-order valence-electron chi connectivity index (χ1n) is 8.29. The average Bonchev–Trinajstić information content (AvgIpc) is 2.74. The molecular weight excluding hydrogens is 260 g/mol. The molecule has 0 spiro atoms. The van der Waals surface area contributed by atoms with Crippen LogP contribution in [0.15, 0.2) is 30.3 Å². The Morgan fingerprint density at radius 2 is 1.95 bits per heavy atom. The zero-order valence-corrected chi connectivity index (χ0v) is 13.1. The fourth-order valence-electron chi connectivity index (χ4n) is 3.42. The van der Waals surface area contributed by atoms with E-state index in [1.54, 1.807) is 0 Å². The van der Waals surface area contributed by atoms with E-state index in [-0.39, 0.29) is 12.2 Å². The highest BCUT2D eigenvalue weighted by molar-refractivity contribution is 5.84. The van der Waals surface area contributed by atoms with Crippen LogP contribution in [0.2, 0.25) is 0 Å². The smallest absolute Gasteiger partial charge is 0.241 e. The van der Waals surface area contributed by atoms with Crippen LogP contribution in [0.3, 0.4) is 0 Å². The number of amides is 1. The maximum Gasteiger partial charge on any atom is 0.241 e. The monoisotopic (exact) mass is 286 g/mol. The van der Waals surface area contributed by atoms with Crippen molar-refractivity contribution < 1.29 is 4.79 Å². The van der Waals surface area contributed by atoms with Crippen LogP contribution in [0.25, 0.3) is 0 Å². The fourth-order valence-corrected chi connectivity index (χ4v) is 3.42. The molecule has 3 rings (SSSR count). The number of benzene rings is 1.